The van der Waals surface area contributed by atoms with Crippen molar-refractivity contribution in [1.82, 2.24) is 5.32 Å². The molecule has 9 nitrogen and oxygen atoms in total. The highest BCUT2D eigenvalue weighted by atomic mass is 35.5. The first-order valence-electron chi connectivity index (χ1n) is 10.8. The third-order valence-corrected chi connectivity index (χ3v) is 7.07. The van der Waals surface area contributed by atoms with Crippen LogP contribution in [0.15, 0.2) is 65.6 Å². The summed E-state index contributed by atoms with van der Waals surface area (Å²) in [5, 5.41) is 43.2. The van der Waals surface area contributed by atoms with E-state index in [0.717, 1.165) is 5.56 Å². The fraction of sp³-hybridized carbons (Fsp3) is 0.250. The topological polar surface area (TPSA) is 148 Å². The molecule has 0 fully saturated rings. The zero-order valence-electron chi connectivity index (χ0n) is 18.9. The van der Waals surface area contributed by atoms with Gasteiger partial charge >= 0.3 is 0 Å². The number of ether oxygens (including phenoxy) is 1. The molecule has 0 saturated heterocycles. The highest BCUT2D eigenvalue weighted by Crippen LogP contribution is 2.30. The van der Waals surface area contributed by atoms with Crippen LogP contribution in [0.4, 0.5) is 5.69 Å². The molecule has 6 N–H and O–H groups in total. The van der Waals surface area contributed by atoms with Gasteiger partial charge in [-0.1, -0.05) is 29.3 Å². The number of halogens is 2. The van der Waals surface area contributed by atoms with Crippen LogP contribution in [0.2, 0.25) is 10.0 Å². The van der Waals surface area contributed by atoms with E-state index >= 15 is 0 Å². The molecular weight excluding hydrogens is 531 g/mol. The largest absolute Gasteiger partial charge is 0.506 e. The molecule has 3 aromatic carbocycles. The fourth-order valence-electron chi connectivity index (χ4n) is 3.22. The maximum absolute atomic E-state index is 12.6. The van der Waals surface area contributed by atoms with Crippen LogP contribution in [0, 0.1) is 0 Å². The van der Waals surface area contributed by atoms with Crippen molar-refractivity contribution in [3.05, 3.63) is 76.3 Å². The number of benzene rings is 3. The van der Waals surface area contributed by atoms with Crippen molar-refractivity contribution in [1.29, 1.82) is 0 Å². The van der Waals surface area contributed by atoms with Crippen molar-refractivity contribution in [2.75, 3.05) is 24.5 Å². The molecule has 0 aromatic heterocycles. The molecule has 0 spiro atoms. The number of hydrogen-bond donors (Lipinski definition) is 6. The highest BCUT2D eigenvalue weighted by Gasteiger charge is 2.17. The lowest BCUT2D eigenvalue weighted by Gasteiger charge is -2.20. The molecule has 3 aromatic rings. The average Bonchev–Trinajstić information content (AvgIpc) is 2.84. The summed E-state index contributed by atoms with van der Waals surface area (Å²) in [6, 6.07) is 13.9. The monoisotopic (exact) mass is 556 g/mol. The number of hydrogen-bond acceptors (Lipinski definition) is 8. The number of aromatic hydroxyl groups is 2. The van der Waals surface area contributed by atoms with Gasteiger partial charge in [-0.15, -0.1) is 0 Å². The predicted molar refractivity (Wildman–Crippen MR) is 138 cm³/mol. The third kappa shape index (κ3) is 7.89. The summed E-state index contributed by atoms with van der Waals surface area (Å²) >= 11 is 11.7. The molecule has 2 unspecified atom stereocenters. The quantitative estimate of drug-likeness (QED) is 0.186. The number of phenolic OH excluding ortho intramolecular Hbond substituents is 2. The minimum atomic E-state index is -3.98. The summed E-state index contributed by atoms with van der Waals surface area (Å²) in [6.45, 7) is -0.226. The van der Waals surface area contributed by atoms with Crippen LogP contribution in [-0.2, 0) is 16.4 Å². The van der Waals surface area contributed by atoms with Crippen LogP contribution in [0.25, 0.3) is 0 Å². The van der Waals surface area contributed by atoms with E-state index in [-0.39, 0.29) is 58.7 Å². The van der Waals surface area contributed by atoms with Gasteiger partial charge in [-0.2, -0.15) is 0 Å². The van der Waals surface area contributed by atoms with Gasteiger partial charge in [0.25, 0.3) is 10.0 Å². The minimum absolute atomic E-state index is 0.0309. The van der Waals surface area contributed by atoms with Crippen LogP contribution in [0.5, 0.6) is 17.2 Å². The first-order valence-corrected chi connectivity index (χ1v) is 13.0. The van der Waals surface area contributed by atoms with Gasteiger partial charge in [-0.3, -0.25) is 4.72 Å². The van der Waals surface area contributed by atoms with E-state index in [2.05, 4.69) is 10.0 Å². The zero-order valence-corrected chi connectivity index (χ0v) is 21.3. The summed E-state index contributed by atoms with van der Waals surface area (Å²) in [5.41, 5.74) is 0.704. The number of rotatable bonds is 12. The molecule has 0 aliphatic rings. The SMILES string of the molecule is O=S(=O)(Nc1cc(OCC(O)CNC(CO)Cc2ccc(O)c(Cl)c2)ccc1O)c1ccc(Cl)cc1. The van der Waals surface area contributed by atoms with Gasteiger partial charge < -0.3 is 30.5 Å². The summed E-state index contributed by atoms with van der Waals surface area (Å²) in [7, 11) is -3.98. The van der Waals surface area contributed by atoms with E-state index < -0.39 is 16.1 Å². The Kier molecular flexibility index (Phi) is 9.66. The molecular formula is C24H26Cl2N2O7S. The lowest BCUT2D eigenvalue weighted by Crippen LogP contribution is -2.41. The standard InChI is InChI=1S/C24H26Cl2N2O7S/c25-16-2-5-20(6-3-16)36(33,34)28-22-11-19(4-8-24(22)32)35-14-18(30)12-27-17(13-29)9-15-1-7-23(31)21(26)10-15/h1-8,10-11,17-18,27-32H,9,12-14H2. The van der Waals surface area contributed by atoms with E-state index in [0.29, 0.717) is 11.4 Å². The molecule has 0 saturated carbocycles. The van der Waals surface area contributed by atoms with Crippen LogP contribution in [0.1, 0.15) is 5.56 Å². The van der Waals surface area contributed by atoms with Crippen molar-refractivity contribution in [3.8, 4) is 17.2 Å². The molecule has 3 rings (SSSR count). The van der Waals surface area contributed by atoms with Crippen molar-refractivity contribution in [3.63, 3.8) is 0 Å². The van der Waals surface area contributed by atoms with Gasteiger partial charge in [0.05, 0.1) is 22.2 Å². The van der Waals surface area contributed by atoms with E-state index in [1.54, 1.807) is 12.1 Å². The fourth-order valence-corrected chi connectivity index (χ4v) is 4.62. The lowest BCUT2D eigenvalue weighted by molar-refractivity contribution is 0.0997. The summed E-state index contributed by atoms with van der Waals surface area (Å²) in [6.07, 6.45) is -0.537. The van der Waals surface area contributed by atoms with Gasteiger partial charge in [-0.25, -0.2) is 8.42 Å². The smallest absolute Gasteiger partial charge is 0.262 e. The summed E-state index contributed by atoms with van der Waals surface area (Å²) < 4.78 is 33.0. The molecule has 0 heterocycles. The van der Waals surface area contributed by atoms with E-state index in [1.165, 1.54) is 48.5 Å². The molecule has 36 heavy (non-hydrogen) atoms. The highest BCUT2D eigenvalue weighted by molar-refractivity contribution is 7.92. The Morgan fingerprint density at radius 2 is 1.64 bits per heavy atom. The molecule has 12 heteroatoms. The second-order valence-corrected chi connectivity index (χ2v) is 10.5. The van der Waals surface area contributed by atoms with Gasteiger partial charge in [0.15, 0.2) is 0 Å². The Morgan fingerprint density at radius 1 is 0.944 bits per heavy atom. The maximum Gasteiger partial charge on any atom is 0.262 e. The molecule has 194 valence electrons. The number of sulfonamides is 1. The summed E-state index contributed by atoms with van der Waals surface area (Å²) in [4.78, 5) is -0.0351. The molecule has 0 radical (unpaired) electrons. The van der Waals surface area contributed by atoms with Crippen molar-refractivity contribution in [2.45, 2.75) is 23.5 Å². The third-order valence-electron chi connectivity index (χ3n) is 5.14. The van der Waals surface area contributed by atoms with Gasteiger partial charge in [0.2, 0.25) is 0 Å². The Hall–Kier alpha value is -2.73. The number of aliphatic hydroxyl groups is 2. The first-order chi connectivity index (χ1) is 17.1. The maximum atomic E-state index is 12.6. The van der Waals surface area contributed by atoms with Gasteiger partial charge in [-0.05, 0) is 60.5 Å². The second-order valence-electron chi connectivity index (χ2n) is 7.98. The number of phenols is 2. The van der Waals surface area contributed by atoms with E-state index in [9.17, 15) is 28.8 Å². The van der Waals surface area contributed by atoms with Crippen molar-refractivity contribution < 1.29 is 33.6 Å². The summed E-state index contributed by atoms with van der Waals surface area (Å²) in [5.74, 6) is -0.114. The number of aliphatic hydroxyl groups excluding tert-OH is 2. The minimum Gasteiger partial charge on any atom is -0.506 e. The molecule has 0 aliphatic carbocycles. The van der Waals surface area contributed by atoms with Gasteiger partial charge in [0, 0.05) is 23.7 Å². The molecule has 0 bridgehead atoms. The zero-order chi connectivity index (χ0) is 26.3. The van der Waals surface area contributed by atoms with E-state index in [1.807, 2.05) is 0 Å². The lowest BCUT2D eigenvalue weighted by atomic mass is 10.1. The molecule has 2 atom stereocenters. The molecule has 0 aliphatic heterocycles. The van der Waals surface area contributed by atoms with E-state index in [4.69, 9.17) is 27.9 Å². The number of anilines is 1. The van der Waals surface area contributed by atoms with Crippen LogP contribution >= 0.6 is 23.2 Å². The van der Waals surface area contributed by atoms with Crippen LogP contribution < -0.4 is 14.8 Å². The molecule has 0 amide bonds. The number of nitrogens with one attached hydrogen (secondary N) is 2. The first kappa shape index (κ1) is 27.9. The second kappa shape index (κ2) is 12.5. The van der Waals surface area contributed by atoms with Gasteiger partial charge in [0.1, 0.15) is 30.0 Å². The Labute approximate surface area is 218 Å². The predicted octanol–water partition coefficient (Wildman–Crippen LogP) is 3.14. The van der Waals surface area contributed by atoms with Crippen LogP contribution in [-0.4, -0.2) is 60.7 Å². The van der Waals surface area contributed by atoms with Crippen molar-refractivity contribution in [2.24, 2.45) is 0 Å². The van der Waals surface area contributed by atoms with Crippen molar-refractivity contribution >= 4 is 38.9 Å². The Balaban J connectivity index is 1.54. The normalized spacial score (nSPS) is 13.2. The average molecular weight is 557 g/mol. The van der Waals surface area contributed by atoms with Crippen LogP contribution in [0.3, 0.4) is 0 Å². The Morgan fingerprint density at radius 3 is 2.31 bits per heavy atom. The Bertz CT molecular complexity index is 1270.